The van der Waals surface area contributed by atoms with Crippen LogP contribution in [0.2, 0.25) is 0 Å². The molecule has 2 unspecified atom stereocenters. The van der Waals surface area contributed by atoms with E-state index in [-0.39, 0.29) is 0 Å². The van der Waals surface area contributed by atoms with E-state index in [1.807, 2.05) is 6.92 Å². The number of hydrogen-bond donors (Lipinski definition) is 1. The molecule has 1 aliphatic rings. The maximum absolute atomic E-state index is 11.3. The van der Waals surface area contributed by atoms with Crippen molar-refractivity contribution in [3.63, 3.8) is 0 Å². The highest BCUT2D eigenvalue weighted by molar-refractivity contribution is 9.10. The summed E-state index contributed by atoms with van der Waals surface area (Å²) in [7, 11) is -0.658. The van der Waals surface area contributed by atoms with Crippen LogP contribution in [-0.4, -0.2) is 22.3 Å². The zero-order chi connectivity index (χ0) is 12.3. The van der Waals surface area contributed by atoms with E-state index < -0.39 is 10.8 Å². The molecule has 0 amide bonds. The Kier molecular flexibility index (Phi) is 4.77. The first-order valence-electron chi connectivity index (χ1n) is 6.07. The minimum absolute atomic E-state index is 0.451. The van der Waals surface area contributed by atoms with Gasteiger partial charge in [0.05, 0.1) is 0 Å². The number of fused-ring (bicyclic) bond motifs is 1. The molecule has 1 aliphatic carbocycles. The van der Waals surface area contributed by atoms with Gasteiger partial charge in [-0.15, -0.1) is 0 Å². The summed E-state index contributed by atoms with van der Waals surface area (Å²) in [5, 5.41) is 3.51. The van der Waals surface area contributed by atoms with Crippen molar-refractivity contribution in [2.75, 3.05) is 18.1 Å². The normalized spacial score (nSPS) is 20.2. The Hall–Kier alpha value is -0.190. The fourth-order valence-corrected chi connectivity index (χ4v) is 3.33. The third kappa shape index (κ3) is 3.39. The highest BCUT2D eigenvalue weighted by Crippen LogP contribution is 2.32. The van der Waals surface area contributed by atoms with E-state index in [4.69, 9.17) is 0 Å². The Morgan fingerprint density at radius 2 is 2.35 bits per heavy atom. The lowest BCUT2D eigenvalue weighted by Gasteiger charge is -2.13. The van der Waals surface area contributed by atoms with E-state index in [0.717, 1.165) is 35.4 Å². The third-order valence-corrected chi connectivity index (χ3v) is 5.02. The summed E-state index contributed by atoms with van der Waals surface area (Å²) in [5.41, 5.74) is 2.85. The second-order valence-corrected chi connectivity index (χ2v) is 7.10. The maximum Gasteiger partial charge on any atom is 0.0360 e. The lowest BCUT2D eigenvalue weighted by atomic mass is 10.1. The topological polar surface area (TPSA) is 29.1 Å². The Balaban J connectivity index is 1.91. The van der Waals surface area contributed by atoms with Crippen LogP contribution in [-0.2, 0) is 17.2 Å². The smallest absolute Gasteiger partial charge is 0.0360 e. The van der Waals surface area contributed by atoms with Crippen LogP contribution in [0, 0.1) is 0 Å². The van der Waals surface area contributed by atoms with Gasteiger partial charge in [-0.05, 0) is 36.1 Å². The second-order valence-electron chi connectivity index (χ2n) is 4.32. The van der Waals surface area contributed by atoms with Crippen molar-refractivity contribution in [3.05, 3.63) is 33.8 Å². The summed E-state index contributed by atoms with van der Waals surface area (Å²) in [6.07, 6.45) is 2.30. The first-order valence-corrected chi connectivity index (χ1v) is 8.35. The molecule has 1 aromatic carbocycles. The van der Waals surface area contributed by atoms with Crippen molar-refractivity contribution >= 4 is 26.7 Å². The largest absolute Gasteiger partial charge is 0.309 e. The molecule has 2 atom stereocenters. The van der Waals surface area contributed by atoms with Gasteiger partial charge in [-0.3, -0.25) is 4.21 Å². The predicted octanol–water partition coefficient (Wildman–Crippen LogP) is 2.79. The number of halogens is 1. The Labute approximate surface area is 114 Å². The summed E-state index contributed by atoms with van der Waals surface area (Å²) in [6, 6.07) is 6.96. The number of aryl methyl sites for hydroxylation is 1. The maximum atomic E-state index is 11.3. The van der Waals surface area contributed by atoms with Crippen LogP contribution in [0.3, 0.4) is 0 Å². The lowest BCUT2D eigenvalue weighted by molar-refractivity contribution is 0.549. The number of benzene rings is 1. The second kappa shape index (κ2) is 6.12. The lowest BCUT2D eigenvalue weighted by Crippen LogP contribution is -2.24. The van der Waals surface area contributed by atoms with Crippen molar-refractivity contribution < 1.29 is 4.21 Å². The van der Waals surface area contributed by atoms with Crippen molar-refractivity contribution in [3.8, 4) is 0 Å². The minimum Gasteiger partial charge on any atom is -0.309 e. The van der Waals surface area contributed by atoms with Crippen LogP contribution in [0.4, 0.5) is 0 Å². The molecule has 0 fully saturated rings. The van der Waals surface area contributed by atoms with Gasteiger partial charge < -0.3 is 5.32 Å². The molecule has 0 spiro atoms. The van der Waals surface area contributed by atoms with E-state index in [1.165, 1.54) is 11.1 Å². The highest BCUT2D eigenvalue weighted by atomic mass is 79.9. The van der Waals surface area contributed by atoms with Crippen LogP contribution in [0.5, 0.6) is 0 Å². The Morgan fingerprint density at radius 1 is 1.53 bits per heavy atom. The summed E-state index contributed by atoms with van der Waals surface area (Å²) in [4.78, 5) is 0. The van der Waals surface area contributed by atoms with Crippen LogP contribution in [0.15, 0.2) is 22.7 Å². The Bertz CT molecular complexity index is 422. The molecule has 0 bridgehead atoms. The molecule has 0 heterocycles. The summed E-state index contributed by atoms with van der Waals surface area (Å²) >= 11 is 3.51. The van der Waals surface area contributed by atoms with Gasteiger partial charge in [0.1, 0.15) is 0 Å². The van der Waals surface area contributed by atoms with Crippen LogP contribution in [0.1, 0.15) is 30.5 Å². The number of rotatable bonds is 5. The van der Waals surface area contributed by atoms with Crippen molar-refractivity contribution in [1.29, 1.82) is 0 Å². The molecular formula is C13H18BrNOS. The van der Waals surface area contributed by atoms with Gasteiger partial charge >= 0.3 is 0 Å². The molecular weight excluding hydrogens is 298 g/mol. The first kappa shape index (κ1) is 13.2. The van der Waals surface area contributed by atoms with Crippen LogP contribution >= 0.6 is 15.9 Å². The Morgan fingerprint density at radius 3 is 3.12 bits per heavy atom. The van der Waals surface area contributed by atoms with Gasteiger partial charge in [-0.25, -0.2) is 0 Å². The predicted molar refractivity (Wildman–Crippen MR) is 76.8 cm³/mol. The first-order chi connectivity index (χ1) is 8.20. The summed E-state index contributed by atoms with van der Waals surface area (Å²) < 4.78 is 12.5. The molecule has 4 heteroatoms. The molecule has 1 N–H and O–H groups in total. The van der Waals surface area contributed by atoms with Gasteiger partial charge in [0.15, 0.2) is 0 Å². The van der Waals surface area contributed by atoms with Gasteiger partial charge in [-0.1, -0.05) is 28.9 Å². The van der Waals surface area contributed by atoms with Gasteiger partial charge in [-0.2, -0.15) is 0 Å². The van der Waals surface area contributed by atoms with E-state index in [2.05, 4.69) is 39.4 Å². The van der Waals surface area contributed by atoms with E-state index in [1.54, 1.807) is 0 Å². The number of hydrogen-bond acceptors (Lipinski definition) is 2. The van der Waals surface area contributed by atoms with Crippen molar-refractivity contribution in [2.24, 2.45) is 0 Å². The fraction of sp³-hybridized carbons (Fsp3) is 0.538. The SMILES string of the molecule is CCS(=O)CCNC1CCc2cc(Br)ccc21. The van der Waals surface area contributed by atoms with E-state index >= 15 is 0 Å². The number of nitrogens with one attached hydrogen (secondary N) is 1. The molecule has 1 aromatic rings. The van der Waals surface area contributed by atoms with Crippen molar-refractivity contribution in [1.82, 2.24) is 5.32 Å². The highest BCUT2D eigenvalue weighted by Gasteiger charge is 2.21. The van der Waals surface area contributed by atoms with Gasteiger partial charge in [0.2, 0.25) is 0 Å². The summed E-state index contributed by atoms with van der Waals surface area (Å²) in [5.74, 6) is 1.52. The van der Waals surface area contributed by atoms with E-state index in [0.29, 0.717) is 6.04 Å². The summed E-state index contributed by atoms with van der Waals surface area (Å²) in [6.45, 7) is 2.82. The molecule has 0 aliphatic heterocycles. The monoisotopic (exact) mass is 315 g/mol. The average Bonchev–Trinajstić information content (AvgIpc) is 2.71. The van der Waals surface area contributed by atoms with Crippen molar-refractivity contribution in [2.45, 2.75) is 25.8 Å². The van der Waals surface area contributed by atoms with E-state index in [9.17, 15) is 4.21 Å². The minimum atomic E-state index is -0.658. The van der Waals surface area contributed by atoms with Gasteiger partial charge in [0, 0.05) is 39.4 Å². The van der Waals surface area contributed by atoms with Crippen LogP contribution in [0.25, 0.3) is 0 Å². The quantitative estimate of drug-likeness (QED) is 0.905. The molecule has 0 aromatic heterocycles. The molecule has 94 valence electrons. The molecule has 0 radical (unpaired) electrons. The average molecular weight is 316 g/mol. The zero-order valence-electron chi connectivity index (χ0n) is 10.0. The zero-order valence-corrected chi connectivity index (χ0v) is 12.4. The third-order valence-electron chi connectivity index (χ3n) is 3.23. The standard InChI is InChI=1S/C13H18BrNOS/c1-2-17(16)8-7-15-13-6-3-10-9-11(14)4-5-12(10)13/h4-5,9,13,15H,2-3,6-8H2,1H3. The van der Waals surface area contributed by atoms with Gasteiger partial charge in [0.25, 0.3) is 0 Å². The fourth-order valence-electron chi connectivity index (χ4n) is 2.29. The molecule has 0 saturated heterocycles. The molecule has 2 nitrogen and oxygen atoms in total. The molecule has 2 rings (SSSR count). The molecule has 17 heavy (non-hydrogen) atoms. The molecule has 0 saturated carbocycles. The van der Waals surface area contributed by atoms with Crippen LogP contribution < -0.4 is 5.32 Å².